The van der Waals surface area contributed by atoms with Gasteiger partial charge in [0, 0.05) is 43.5 Å². The molecule has 0 radical (unpaired) electrons. The standard InChI is InChI=1S/C22H29N7O3S/c1-14-5-6-17(33(30,31)25-10-16-13-32-8-7-28(16)3)9-18(14)20-11-24-22(23)21(26-20)19-12-29(4)27-15(19)2/h5-6,9,11-12,16,25H,7-8,10,13H2,1-4H3,(H2,23,24)/t16-/m0/s1. The number of nitrogens with two attached hydrogens (primary N) is 1. The van der Waals surface area contributed by atoms with Crippen LogP contribution in [-0.2, 0) is 21.8 Å². The molecule has 11 heteroatoms. The molecule has 3 heterocycles. The molecule has 2 aromatic heterocycles. The van der Waals surface area contributed by atoms with Gasteiger partial charge < -0.3 is 10.5 Å². The normalized spacial score (nSPS) is 17.4. The lowest BCUT2D eigenvalue weighted by Gasteiger charge is -2.32. The fourth-order valence-electron chi connectivity index (χ4n) is 3.84. The minimum absolute atomic E-state index is 0.00770. The molecule has 1 aliphatic rings. The Labute approximate surface area is 193 Å². The zero-order valence-corrected chi connectivity index (χ0v) is 20.1. The first-order valence-corrected chi connectivity index (χ1v) is 12.2. The Bertz CT molecular complexity index is 1270. The molecule has 0 bridgehead atoms. The number of hydrogen-bond acceptors (Lipinski definition) is 8. The zero-order valence-electron chi connectivity index (χ0n) is 19.2. The molecule has 176 valence electrons. The second-order valence-electron chi connectivity index (χ2n) is 8.33. The van der Waals surface area contributed by atoms with Gasteiger partial charge in [-0.2, -0.15) is 5.10 Å². The SMILES string of the molecule is Cc1ccc(S(=O)(=O)NC[C@H]2COCCN2C)cc1-c1cnc(N)c(-c2cn(C)nc2C)n1. The third-order valence-electron chi connectivity index (χ3n) is 5.90. The molecule has 1 fully saturated rings. The molecule has 4 rings (SSSR count). The summed E-state index contributed by atoms with van der Waals surface area (Å²) >= 11 is 0. The number of rotatable bonds is 6. The molecule has 0 aliphatic carbocycles. The highest BCUT2D eigenvalue weighted by Gasteiger charge is 2.23. The lowest BCUT2D eigenvalue weighted by atomic mass is 10.1. The first-order valence-electron chi connectivity index (χ1n) is 10.7. The predicted molar refractivity (Wildman–Crippen MR) is 126 cm³/mol. The molecule has 10 nitrogen and oxygen atoms in total. The van der Waals surface area contributed by atoms with Crippen LogP contribution < -0.4 is 10.5 Å². The van der Waals surface area contributed by atoms with Gasteiger partial charge in [-0.15, -0.1) is 0 Å². The Morgan fingerprint density at radius 3 is 2.73 bits per heavy atom. The summed E-state index contributed by atoms with van der Waals surface area (Å²) in [5.74, 6) is 0.289. The number of morpholine rings is 1. The molecule has 0 unspecified atom stereocenters. The van der Waals surface area contributed by atoms with Crippen molar-refractivity contribution in [1.82, 2.24) is 29.4 Å². The van der Waals surface area contributed by atoms with E-state index < -0.39 is 10.0 Å². The van der Waals surface area contributed by atoms with Crippen molar-refractivity contribution in [2.24, 2.45) is 7.05 Å². The summed E-state index contributed by atoms with van der Waals surface area (Å²) in [5.41, 5.74) is 10.3. The van der Waals surface area contributed by atoms with Crippen LogP contribution in [0.2, 0.25) is 0 Å². The fraction of sp³-hybridized carbons (Fsp3) is 0.409. The van der Waals surface area contributed by atoms with E-state index in [1.165, 1.54) is 0 Å². The number of nitrogens with one attached hydrogen (secondary N) is 1. The third-order valence-corrected chi connectivity index (χ3v) is 7.32. The first kappa shape index (κ1) is 23.3. The number of nitrogens with zero attached hydrogens (tertiary/aromatic N) is 5. The number of anilines is 1. The second kappa shape index (κ2) is 9.18. The van der Waals surface area contributed by atoms with Crippen molar-refractivity contribution in [2.45, 2.75) is 24.8 Å². The third kappa shape index (κ3) is 4.91. The van der Waals surface area contributed by atoms with Crippen LogP contribution in [0, 0.1) is 13.8 Å². The number of benzene rings is 1. The number of ether oxygens (including phenoxy) is 1. The molecule has 1 atom stereocenters. The van der Waals surface area contributed by atoms with Crippen molar-refractivity contribution in [3.63, 3.8) is 0 Å². The van der Waals surface area contributed by atoms with Crippen LogP contribution in [0.5, 0.6) is 0 Å². The predicted octanol–water partition coefficient (Wildman–Crippen LogP) is 1.35. The highest BCUT2D eigenvalue weighted by molar-refractivity contribution is 7.89. The van der Waals surface area contributed by atoms with Crippen molar-refractivity contribution in [1.29, 1.82) is 0 Å². The largest absolute Gasteiger partial charge is 0.382 e. The summed E-state index contributed by atoms with van der Waals surface area (Å²) in [4.78, 5) is 11.3. The molecule has 1 aliphatic heterocycles. The maximum atomic E-state index is 13.0. The van der Waals surface area contributed by atoms with E-state index in [1.807, 2.05) is 34.1 Å². The molecule has 3 aromatic rings. The average molecular weight is 472 g/mol. The molecular formula is C22H29N7O3S. The minimum atomic E-state index is -3.72. The summed E-state index contributed by atoms with van der Waals surface area (Å²) in [6, 6.07) is 4.98. The number of aryl methyl sites for hydroxylation is 3. The molecule has 33 heavy (non-hydrogen) atoms. The number of aromatic nitrogens is 4. The van der Waals surface area contributed by atoms with Crippen molar-refractivity contribution in [2.75, 3.05) is 39.1 Å². The summed E-state index contributed by atoms with van der Waals surface area (Å²) in [7, 11) is 0.0685. The average Bonchev–Trinajstić information content (AvgIpc) is 3.11. The monoisotopic (exact) mass is 471 g/mol. The van der Waals surface area contributed by atoms with E-state index in [4.69, 9.17) is 15.5 Å². The molecule has 0 amide bonds. The molecule has 0 spiro atoms. The van der Waals surface area contributed by atoms with E-state index in [1.54, 1.807) is 29.1 Å². The fourth-order valence-corrected chi connectivity index (χ4v) is 4.94. The topological polar surface area (TPSA) is 128 Å². The zero-order chi connectivity index (χ0) is 23.8. The summed E-state index contributed by atoms with van der Waals surface area (Å²) < 4.78 is 35.9. The summed E-state index contributed by atoms with van der Waals surface area (Å²) in [5, 5.41) is 4.35. The van der Waals surface area contributed by atoms with E-state index in [2.05, 4.69) is 19.7 Å². The van der Waals surface area contributed by atoms with Crippen LogP contribution in [0.3, 0.4) is 0 Å². The Balaban J connectivity index is 1.65. The molecular weight excluding hydrogens is 442 g/mol. The highest BCUT2D eigenvalue weighted by Crippen LogP contribution is 2.30. The molecule has 3 N–H and O–H groups in total. The van der Waals surface area contributed by atoms with Gasteiger partial charge in [0.1, 0.15) is 11.5 Å². The van der Waals surface area contributed by atoms with Gasteiger partial charge in [-0.1, -0.05) is 6.07 Å². The quantitative estimate of drug-likeness (QED) is 0.551. The van der Waals surface area contributed by atoms with Crippen molar-refractivity contribution in [3.8, 4) is 22.5 Å². The number of likely N-dealkylation sites (N-methyl/N-ethyl adjacent to an activating group) is 1. The maximum absolute atomic E-state index is 13.0. The van der Waals surface area contributed by atoms with E-state index in [-0.39, 0.29) is 23.3 Å². The Kier molecular flexibility index (Phi) is 6.48. The summed E-state index contributed by atoms with van der Waals surface area (Å²) in [6.07, 6.45) is 3.40. The molecule has 1 saturated heterocycles. The summed E-state index contributed by atoms with van der Waals surface area (Å²) in [6.45, 7) is 5.98. The van der Waals surface area contributed by atoms with E-state index in [0.29, 0.717) is 30.2 Å². The van der Waals surface area contributed by atoms with E-state index >= 15 is 0 Å². The smallest absolute Gasteiger partial charge is 0.240 e. The van der Waals surface area contributed by atoms with Gasteiger partial charge in [-0.25, -0.2) is 23.1 Å². The van der Waals surface area contributed by atoms with Crippen LogP contribution in [0.15, 0.2) is 35.5 Å². The molecule has 0 saturated carbocycles. The minimum Gasteiger partial charge on any atom is -0.382 e. The lowest BCUT2D eigenvalue weighted by molar-refractivity contribution is 0.00824. The number of sulfonamides is 1. The van der Waals surface area contributed by atoms with Crippen LogP contribution in [0.25, 0.3) is 22.5 Å². The van der Waals surface area contributed by atoms with Gasteiger partial charge >= 0.3 is 0 Å². The Morgan fingerprint density at radius 1 is 1.24 bits per heavy atom. The number of nitrogen functional groups attached to an aromatic ring is 1. The maximum Gasteiger partial charge on any atom is 0.240 e. The van der Waals surface area contributed by atoms with Crippen LogP contribution >= 0.6 is 0 Å². The number of hydrogen-bond donors (Lipinski definition) is 2. The first-order chi connectivity index (χ1) is 15.7. The van der Waals surface area contributed by atoms with Crippen molar-refractivity contribution < 1.29 is 13.2 Å². The van der Waals surface area contributed by atoms with Crippen LogP contribution in [-0.4, -0.2) is 72.5 Å². The van der Waals surface area contributed by atoms with Gasteiger partial charge in [-0.05, 0) is 38.6 Å². The van der Waals surface area contributed by atoms with Gasteiger partial charge in [0.25, 0.3) is 0 Å². The van der Waals surface area contributed by atoms with Crippen LogP contribution in [0.4, 0.5) is 5.82 Å². The van der Waals surface area contributed by atoms with E-state index in [0.717, 1.165) is 23.4 Å². The lowest BCUT2D eigenvalue weighted by Crippen LogP contribution is -2.49. The van der Waals surface area contributed by atoms with Gasteiger partial charge in [0.2, 0.25) is 10.0 Å². The van der Waals surface area contributed by atoms with Crippen molar-refractivity contribution >= 4 is 15.8 Å². The van der Waals surface area contributed by atoms with Crippen LogP contribution in [0.1, 0.15) is 11.3 Å². The van der Waals surface area contributed by atoms with Gasteiger partial charge in [0.15, 0.2) is 0 Å². The van der Waals surface area contributed by atoms with Crippen molar-refractivity contribution in [3.05, 3.63) is 41.9 Å². The van der Waals surface area contributed by atoms with Gasteiger partial charge in [-0.3, -0.25) is 9.58 Å². The van der Waals surface area contributed by atoms with E-state index in [9.17, 15) is 8.42 Å². The van der Waals surface area contributed by atoms with Gasteiger partial charge in [0.05, 0.1) is 35.7 Å². The Hall–Kier alpha value is -2.86. The second-order valence-corrected chi connectivity index (χ2v) is 10.1. The highest BCUT2D eigenvalue weighted by atomic mass is 32.2. The Morgan fingerprint density at radius 2 is 2.03 bits per heavy atom. The molecule has 1 aromatic carbocycles.